The van der Waals surface area contributed by atoms with E-state index in [1.165, 1.54) is 0 Å². The fourth-order valence-corrected chi connectivity index (χ4v) is 2.29. The minimum atomic E-state index is -0.787. The lowest BCUT2D eigenvalue weighted by molar-refractivity contribution is -0.138. The zero-order chi connectivity index (χ0) is 11.7. The van der Waals surface area contributed by atoms with Crippen LogP contribution in [0, 0.1) is 6.92 Å². The average Bonchev–Trinajstić information content (AvgIpc) is 2.29. The number of hydrogen-bond acceptors (Lipinski definition) is 3. The summed E-state index contributed by atoms with van der Waals surface area (Å²) in [5.74, 6) is -0.504. The lowest BCUT2D eigenvalue weighted by atomic mass is 9.87. The third kappa shape index (κ3) is 1.65. The molecule has 1 aromatic rings. The highest BCUT2D eigenvalue weighted by atomic mass is 16.5. The predicted octanol–water partition coefficient (Wildman–Crippen LogP) is 1.28. The predicted molar refractivity (Wildman–Crippen MR) is 59.8 cm³/mol. The van der Waals surface area contributed by atoms with E-state index in [4.69, 9.17) is 4.74 Å². The molecule has 4 nitrogen and oxygen atoms in total. The highest BCUT2D eigenvalue weighted by Gasteiger charge is 2.28. The van der Waals surface area contributed by atoms with E-state index < -0.39 is 11.9 Å². The molecular formula is C12H15NO3. The Morgan fingerprint density at radius 2 is 2.31 bits per heavy atom. The number of methoxy groups -OCH3 is 1. The van der Waals surface area contributed by atoms with Gasteiger partial charge in [0.2, 0.25) is 0 Å². The molecule has 0 saturated heterocycles. The van der Waals surface area contributed by atoms with Crippen LogP contribution in [0.4, 0.5) is 0 Å². The first kappa shape index (κ1) is 11.0. The molecule has 0 radical (unpaired) electrons. The lowest BCUT2D eigenvalue weighted by Gasteiger charge is -2.26. The summed E-state index contributed by atoms with van der Waals surface area (Å²) in [6.07, 6.45) is 0. The molecule has 16 heavy (non-hydrogen) atoms. The van der Waals surface area contributed by atoms with Gasteiger partial charge in [-0.2, -0.15) is 0 Å². The standard InChI is InChI=1S/C12H15NO3/c1-7-10(16-2)4-3-8-5-13-6-9(11(7)8)12(14)15/h3-4,9,13H,5-6H2,1-2H3,(H,14,15). The van der Waals surface area contributed by atoms with Crippen molar-refractivity contribution in [3.05, 3.63) is 28.8 Å². The van der Waals surface area contributed by atoms with E-state index in [1.54, 1.807) is 7.11 Å². The summed E-state index contributed by atoms with van der Waals surface area (Å²) in [4.78, 5) is 11.2. The van der Waals surface area contributed by atoms with Crippen LogP contribution in [-0.4, -0.2) is 24.7 Å². The first-order valence-electron chi connectivity index (χ1n) is 5.25. The molecular weight excluding hydrogens is 206 g/mol. The zero-order valence-electron chi connectivity index (χ0n) is 9.41. The number of rotatable bonds is 2. The van der Waals surface area contributed by atoms with Crippen molar-refractivity contribution in [3.8, 4) is 5.75 Å². The van der Waals surface area contributed by atoms with Crippen LogP contribution in [-0.2, 0) is 11.3 Å². The normalized spacial score (nSPS) is 19.0. The monoisotopic (exact) mass is 221 g/mol. The Morgan fingerprint density at radius 1 is 1.56 bits per heavy atom. The van der Waals surface area contributed by atoms with E-state index in [2.05, 4.69) is 5.32 Å². The highest BCUT2D eigenvalue weighted by Crippen LogP contribution is 2.32. The molecule has 86 valence electrons. The zero-order valence-corrected chi connectivity index (χ0v) is 9.41. The second-order valence-electron chi connectivity index (χ2n) is 3.99. The van der Waals surface area contributed by atoms with Crippen molar-refractivity contribution in [1.29, 1.82) is 0 Å². The van der Waals surface area contributed by atoms with E-state index in [0.717, 1.165) is 29.0 Å². The van der Waals surface area contributed by atoms with Crippen molar-refractivity contribution < 1.29 is 14.6 Å². The minimum absolute atomic E-state index is 0.473. The summed E-state index contributed by atoms with van der Waals surface area (Å²) in [5, 5.41) is 12.3. The van der Waals surface area contributed by atoms with Crippen LogP contribution in [0.25, 0.3) is 0 Å². The van der Waals surface area contributed by atoms with Gasteiger partial charge in [0, 0.05) is 13.1 Å². The van der Waals surface area contributed by atoms with Crippen molar-refractivity contribution >= 4 is 5.97 Å². The first-order chi connectivity index (χ1) is 7.65. The lowest BCUT2D eigenvalue weighted by Crippen LogP contribution is -2.33. The molecule has 0 amide bonds. The largest absolute Gasteiger partial charge is 0.496 e. The maximum Gasteiger partial charge on any atom is 0.312 e. The van der Waals surface area contributed by atoms with Gasteiger partial charge in [-0.05, 0) is 29.7 Å². The van der Waals surface area contributed by atoms with E-state index >= 15 is 0 Å². The molecule has 0 fully saturated rings. The van der Waals surface area contributed by atoms with Crippen molar-refractivity contribution in [2.75, 3.05) is 13.7 Å². The van der Waals surface area contributed by atoms with Crippen molar-refractivity contribution in [1.82, 2.24) is 5.32 Å². The Hall–Kier alpha value is -1.55. The Labute approximate surface area is 94.2 Å². The molecule has 2 N–H and O–H groups in total. The maximum atomic E-state index is 11.2. The fourth-order valence-electron chi connectivity index (χ4n) is 2.29. The van der Waals surface area contributed by atoms with Crippen molar-refractivity contribution in [2.45, 2.75) is 19.4 Å². The second kappa shape index (κ2) is 4.14. The van der Waals surface area contributed by atoms with Gasteiger partial charge in [0.05, 0.1) is 13.0 Å². The Bertz CT molecular complexity index is 429. The minimum Gasteiger partial charge on any atom is -0.496 e. The van der Waals surface area contributed by atoms with Crippen LogP contribution in [0.3, 0.4) is 0 Å². The fraction of sp³-hybridized carbons (Fsp3) is 0.417. The maximum absolute atomic E-state index is 11.2. The number of carboxylic acids is 1. The van der Waals surface area contributed by atoms with Crippen LogP contribution in [0.5, 0.6) is 5.75 Å². The molecule has 0 bridgehead atoms. The summed E-state index contributed by atoms with van der Waals surface area (Å²) in [7, 11) is 1.60. The smallest absolute Gasteiger partial charge is 0.312 e. The molecule has 1 aromatic carbocycles. The molecule has 4 heteroatoms. The molecule has 2 rings (SSSR count). The third-order valence-electron chi connectivity index (χ3n) is 3.09. The quantitative estimate of drug-likeness (QED) is 0.789. The molecule has 0 saturated carbocycles. The van der Waals surface area contributed by atoms with Gasteiger partial charge < -0.3 is 15.2 Å². The summed E-state index contributed by atoms with van der Waals surface area (Å²) < 4.78 is 5.23. The van der Waals surface area contributed by atoms with Gasteiger partial charge in [0.1, 0.15) is 5.75 Å². The molecule has 1 atom stereocenters. The van der Waals surface area contributed by atoms with Gasteiger partial charge in [-0.1, -0.05) is 6.07 Å². The second-order valence-corrected chi connectivity index (χ2v) is 3.99. The first-order valence-corrected chi connectivity index (χ1v) is 5.25. The van der Waals surface area contributed by atoms with Crippen LogP contribution in [0.1, 0.15) is 22.6 Å². The van der Waals surface area contributed by atoms with E-state index in [1.807, 2.05) is 19.1 Å². The van der Waals surface area contributed by atoms with Gasteiger partial charge in [-0.3, -0.25) is 4.79 Å². The number of benzene rings is 1. The van der Waals surface area contributed by atoms with E-state index in [9.17, 15) is 9.90 Å². The van der Waals surface area contributed by atoms with Gasteiger partial charge in [-0.15, -0.1) is 0 Å². The van der Waals surface area contributed by atoms with E-state index in [0.29, 0.717) is 6.54 Å². The van der Waals surface area contributed by atoms with E-state index in [-0.39, 0.29) is 0 Å². The molecule has 1 unspecified atom stereocenters. The van der Waals surface area contributed by atoms with Crippen LogP contribution in [0.15, 0.2) is 12.1 Å². The SMILES string of the molecule is COc1ccc2c(c1C)C(C(=O)O)CNC2. The number of hydrogen-bond donors (Lipinski definition) is 2. The number of aliphatic carboxylic acids is 1. The molecule has 1 aliphatic rings. The summed E-state index contributed by atoms with van der Waals surface area (Å²) >= 11 is 0. The topological polar surface area (TPSA) is 58.6 Å². The number of nitrogens with one attached hydrogen (secondary N) is 1. The van der Waals surface area contributed by atoms with Crippen LogP contribution < -0.4 is 10.1 Å². The number of fused-ring (bicyclic) bond motifs is 1. The summed E-state index contributed by atoms with van der Waals surface area (Å²) in [6.45, 7) is 3.12. The number of ether oxygens (including phenoxy) is 1. The average molecular weight is 221 g/mol. The Balaban J connectivity index is 2.56. The molecule has 0 aliphatic carbocycles. The number of carboxylic acid groups (broad SMARTS) is 1. The highest BCUT2D eigenvalue weighted by molar-refractivity contribution is 5.78. The molecule has 1 heterocycles. The third-order valence-corrected chi connectivity index (χ3v) is 3.09. The van der Waals surface area contributed by atoms with Gasteiger partial charge >= 0.3 is 5.97 Å². The number of carbonyl (C=O) groups is 1. The molecule has 0 aromatic heterocycles. The summed E-state index contributed by atoms with van der Waals surface area (Å²) in [5.41, 5.74) is 2.90. The van der Waals surface area contributed by atoms with Gasteiger partial charge in [-0.25, -0.2) is 0 Å². The van der Waals surface area contributed by atoms with Crippen molar-refractivity contribution in [3.63, 3.8) is 0 Å². The van der Waals surface area contributed by atoms with Gasteiger partial charge in [0.15, 0.2) is 0 Å². The van der Waals surface area contributed by atoms with Gasteiger partial charge in [0.25, 0.3) is 0 Å². The Morgan fingerprint density at radius 3 is 2.94 bits per heavy atom. The van der Waals surface area contributed by atoms with Crippen molar-refractivity contribution in [2.24, 2.45) is 0 Å². The Kier molecular flexibility index (Phi) is 2.83. The molecule has 1 aliphatic heterocycles. The summed E-state index contributed by atoms with van der Waals surface area (Å²) in [6, 6.07) is 3.82. The molecule has 0 spiro atoms. The van der Waals surface area contributed by atoms with Crippen LogP contribution >= 0.6 is 0 Å². The van der Waals surface area contributed by atoms with Crippen LogP contribution in [0.2, 0.25) is 0 Å².